The van der Waals surface area contributed by atoms with Gasteiger partial charge in [-0.25, -0.2) is 0 Å². The molecule has 40 heavy (non-hydrogen) atoms. The first-order valence-electron chi connectivity index (χ1n) is 12.9. The first kappa shape index (κ1) is 28.6. The van der Waals surface area contributed by atoms with Gasteiger partial charge >= 0.3 is 0 Å². The zero-order chi connectivity index (χ0) is 28.5. The van der Waals surface area contributed by atoms with Gasteiger partial charge in [-0.3, -0.25) is 0 Å². The molecule has 0 spiro atoms. The third-order valence-electron chi connectivity index (χ3n) is 7.49. The van der Waals surface area contributed by atoms with E-state index in [1.54, 1.807) is 21.3 Å². The molecule has 1 aliphatic carbocycles. The molecule has 0 aromatic heterocycles. The molecular weight excluding hydrogens is 567 g/mol. The molecule has 0 saturated carbocycles. The van der Waals surface area contributed by atoms with Crippen molar-refractivity contribution in [1.29, 1.82) is 0 Å². The SMILES string of the molecule is COc1c2cc(c(OC)c1OC)C(OC)(C(Cl)(Cl)Cl)c1cccc(c1)Cc1cccc(c1)Cc1cccc(c1)C2. The Balaban J connectivity index is 1.88. The molecule has 0 fully saturated rings. The van der Waals surface area contributed by atoms with Gasteiger partial charge in [-0.05, 0) is 52.3 Å². The first-order valence-corrected chi connectivity index (χ1v) is 14.1. The Morgan fingerprint density at radius 1 is 0.575 bits per heavy atom. The average Bonchev–Trinajstić information content (AvgIpc) is 2.93. The van der Waals surface area contributed by atoms with Crippen molar-refractivity contribution in [3.05, 3.63) is 123 Å². The number of fused-ring (bicyclic) bond motifs is 8. The van der Waals surface area contributed by atoms with Crippen molar-refractivity contribution < 1.29 is 18.9 Å². The molecule has 0 amide bonds. The third-order valence-corrected chi connectivity index (χ3v) is 8.29. The number of rotatable bonds is 4. The molecule has 1 aliphatic rings. The fourth-order valence-electron chi connectivity index (χ4n) is 5.79. The lowest BCUT2D eigenvalue weighted by molar-refractivity contribution is 0.0228. The normalized spacial score (nSPS) is 16.8. The van der Waals surface area contributed by atoms with Crippen LogP contribution in [0.1, 0.15) is 44.5 Å². The summed E-state index contributed by atoms with van der Waals surface area (Å²) in [5, 5.41) is 0. The van der Waals surface area contributed by atoms with E-state index in [2.05, 4.69) is 54.6 Å². The molecule has 8 bridgehead atoms. The van der Waals surface area contributed by atoms with E-state index >= 15 is 0 Å². The summed E-state index contributed by atoms with van der Waals surface area (Å²) >= 11 is 20.6. The highest BCUT2D eigenvalue weighted by molar-refractivity contribution is 6.68. The molecule has 0 aliphatic heterocycles. The van der Waals surface area contributed by atoms with Gasteiger partial charge < -0.3 is 18.9 Å². The van der Waals surface area contributed by atoms with E-state index in [1.807, 2.05) is 24.3 Å². The summed E-state index contributed by atoms with van der Waals surface area (Å²) in [6, 6.07) is 27.1. The number of alkyl halides is 3. The fraction of sp³-hybridized carbons (Fsp3) is 0.273. The lowest BCUT2D eigenvalue weighted by Gasteiger charge is -2.40. The van der Waals surface area contributed by atoms with Crippen molar-refractivity contribution in [2.24, 2.45) is 0 Å². The van der Waals surface area contributed by atoms with Gasteiger partial charge in [-0.1, -0.05) is 108 Å². The van der Waals surface area contributed by atoms with Crippen LogP contribution < -0.4 is 14.2 Å². The standard InChI is InChI=1S/C33H31Cl3O4/c1-37-29-26-18-24-11-6-10-22(16-24)14-21-8-5-9-23(15-21)17-25-12-7-13-27(19-25)32(40-4,33(34,35)36)28(20-26)30(38-2)31(29)39-3/h5-13,15-16,19-20H,14,17-18H2,1-4H3. The van der Waals surface area contributed by atoms with E-state index in [9.17, 15) is 0 Å². The molecule has 4 aromatic rings. The van der Waals surface area contributed by atoms with E-state index in [-0.39, 0.29) is 0 Å². The lowest BCUT2D eigenvalue weighted by Crippen LogP contribution is -2.43. The van der Waals surface area contributed by atoms with Crippen LogP contribution in [0.2, 0.25) is 0 Å². The van der Waals surface area contributed by atoms with E-state index in [1.165, 1.54) is 23.8 Å². The van der Waals surface area contributed by atoms with Gasteiger partial charge in [-0.15, -0.1) is 0 Å². The summed E-state index contributed by atoms with van der Waals surface area (Å²) in [4.78, 5) is 0. The Labute approximate surface area is 250 Å². The van der Waals surface area contributed by atoms with E-state index in [0.29, 0.717) is 41.2 Å². The largest absolute Gasteiger partial charge is 0.492 e. The lowest BCUT2D eigenvalue weighted by atomic mass is 9.83. The van der Waals surface area contributed by atoms with E-state index in [4.69, 9.17) is 53.8 Å². The molecule has 0 heterocycles. The van der Waals surface area contributed by atoms with E-state index in [0.717, 1.165) is 23.1 Å². The summed E-state index contributed by atoms with van der Waals surface area (Å²) < 4.78 is 22.0. The Hall–Kier alpha value is -2.89. The quantitative estimate of drug-likeness (QED) is 0.223. The van der Waals surface area contributed by atoms with Gasteiger partial charge in [0.15, 0.2) is 17.1 Å². The van der Waals surface area contributed by atoms with Gasteiger partial charge in [0.2, 0.25) is 9.54 Å². The summed E-state index contributed by atoms with van der Waals surface area (Å²) in [6.45, 7) is 0. The van der Waals surface area contributed by atoms with Crippen molar-refractivity contribution in [3.63, 3.8) is 0 Å². The number of methoxy groups -OCH3 is 4. The topological polar surface area (TPSA) is 36.9 Å². The molecular formula is C33H31Cl3O4. The van der Waals surface area contributed by atoms with Crippen LogP contribution in [0.5, 0.6) is 17.2 Å². The Kier molecular flexibility index (Phi) is 8.26. The molecule has 1 atom stereocenters. The van der Waals surface area contributed by atoms with Crippen LogP contribution in [-0.4, -0.2) is 32.2 Å². The zero-order valence-corrected chi connectivity index (χ0v) is 25.2. The van der Waals surface area contributed by atoms with Crippen LogP contribution in [-0.2, 0) is 29.6 Å². The molecule has 0 radical (unpaired) electrons. The molecule has 5 rings (SSSR count). The average molecular weight is 598 g/mol. The molecule has 0 N–H and O–H groups in total. The highest BCUT2D eigenvalue weighted by atomic mass is 35.6. The first-order chi connectivity index (χ1) is 19.2. The van der Waals surface area contributed by atoms with E-state index < -0.39 is 9.39 Å². The minimum absolute atomic E-state index is 0.365. The summed E-state index contributed by atoms with van der Waals surface area (Å²) in [5.41, 5.74) is 6.31. The van der Waals surface area contributed by atoms with Gasteiger partial charge in [-0.2, -0.15) is 0 Å². The van der Waals surface area contributed by atoms with Crippen LogP contribution in [0.3, 0.4) is 0 Å². The second-order valence-corrected chi connectivity index (χ2v) is 12.2. The molecule has 7 heteroatoms. The van der Waals surface area contributed by atoms with Crippen LogP contribution >= 0.6 is 34.8 Å². The summed E-state index contributed by atoms with van der Waals surface area (Å²) in [7, 11) is 6.27. The number of halogens is 3. The van der Waals surface area contributed by atoms with Gasteiger partial charge in [0.05, 0.1) is 21.3 Å². The molecule has 4 nitrogen and oxygen atoms in total. The predicted octanol–water partition coefficient (Wildman–Crippen LogP) is 8.06. The monoisotopic (exact) mass is 596 g/mol. The molecule has 0 saturated heterocycles. The summed E-state index contributed by atoms with van der Waals surface area (Å²) in [5.74, 6) is 1.31. The van der Waals surface area contributed by atoms with Crippen LogP contribution in [0.4, 0.5) is 0 Å². The van der Waals surface area contributed by atoms with Crippen LogP contribution in [0, 0.1) is 0 Å². The minimum atomic E-state index is -1.93. The highest BCUT2D eigenvalue weighted by Crippen LogP contribution is 2.57. The number of ether oxygens (including phenoxy) is 4. The second kappa shape index (κ2) is 11.5. The van der Waals surface area contributed by atoms with Crippen molar-refractivity contribution in [2.75, 3.05) is 28.4 Å². The molecule has 208 valence electrons. The number of benzene rings is 4. The smallest absolute Gasteiger partial charge is 0.227 e. The minimum Gasteiger partial charge on any atom is -0.492 e. The predicted molar refractivity (Wildman–Crippen MR) is 162 cm³/mol. The maximum absolute atomic E-state index is 6.85. The van der Waals surface area contributed by atoms with Crippen molar-refractivity contribution in [3.8, 4) is 17.2 Å². The second-order valence-electron chi connectivity index (χ2n) is 9.94. The third kappa shape index (κ3) is 5.14. The number of hydrogen-bond donors (Lipinski definition) is 0. The van der Waals surface area contributed by atoms with Gasteiger partial charge in [0.25, 0.3) is 0 Å². The molecule has 1 unspecified atom stereocenters. The fourth-order valence-corrected chi connectivity index (χ4v) is 6.65. The maximum Gasteiger partial charge on any atom is 0.227 e. The Bertz CT molecular complexity index is 1530. The summed E-state index contributed by atoms with van der Waals surface area (Å²) in [6.07, 6.45) is 2.08. The van der Waals surface area contributed by atoms with Crippen molar-refractivity contribution in [1.82, 2.24) is 0 Å². The van der Waals surface area contributed by atoms with Crippen LogP contribution in [0.15, 0.2) is 78.9 Å². The Morgan fingerprint density at radius 3 is 1.52 bits per heavy atom. The van der Waals surface area contributed by atoms with Crippen LogP contribution in [0.25, 0.3) is 0 Å². The zero-order valence-electron chi connectivity index (χ0n) is 22.9. The highest BCUT2D eigenvalue weighted by Gasteiger charge is 2.54. The van der Waals surface area contributed by atoms with Gasteiger partial charge in [0, 0.05) is 24.7 Å². The maximum atomic E-state index is 6.85. The van der Waals surface area contributed by atoms with Gasteiger partial charge in [0.1, 0.15) is 0 Å². The van der Waals surface area contributed by atoms with Crippen molar-refractivity contribution >= 4 is 34.8 Å². The van der Waals surface area contributed by atoms with Crippen molar-refractivity contribution in [2.45, 2.75) is 28.7 Å². The Morgan fingerprint density at radius 2 is 1.05 bits per heavy atom. The molecule has 4 aromatic carbocycles. The number of hydrogen-bond acceptors (Lipinski definition) is 4.